The van der Waals surface area contributed by atoms with Gasteiger partial charge in [0, 0.05) is 29.4 Å². The molecular formula is C16H14ClN5O5S2. The summed E-state index contributed by atoms with van der Waals surface area (Å²) >= 11 is 11.1. The molecule has 29 heavy (non-hydrogen) atoms. The Balaban J connectivity index is 1.70. The van der Waals surface area contributed by atoms with Crippen LogP contribution < -0.4 is 10.1 Å². The molecule has 3 rings (SSSR count). The van der Waals surface area contributed by atoms with Crippen LogP contribution in [0.25, 0.3) is 0 Å². The lowest BCUT2D eigenvalue weighted by Crippen LogP contribution is -2.46. The first-order chi connectivity index (χ1) is 13.7. The van der Waals surface area contributed by atoms with Crippen molar-refractivity contribution >= 4 is 56.4 Å². The summed E-state index contributed by atoms with van der Waals surface area (Å²) in [5.41, 5.74) is 0.0975. The predicted octanol–water partition coefficient (Wildman–Crippen LogP) is 2.58. The van der Waals surface area contributed by atoms with Crippen molar-refractivity contribution in [3.05, 3.63) is 63.7 Å². The van der Waals surface area contributed by atoms with E-state index in [1.54, 1.807) is 24.3 Å². The number of sulfonamides is 1. The van der Waals surface area contributed by atoms with Crippen LogP contribution in [0.4, 0.5) is 16.2 Å². The molecule has 0 radical (unpaired) electrons. The van der Waals surface area contributed by atoms with Crippen molar-refractivity contribution in [3.63, 3.8) is 0 Å². The minimum Gasteiger partial charge on any atom is -0.307 e. The number of thiocarbonyl (C=S) groups is 1. The van der Waals surface area contributed by atoms with Crippen LogP contribution in [0.3, 0.4) is 0 Å². The molecule has 13 heteroatoms. The Labute approximate surface area is 176 Å². The van der Waals surface area contributed by atoms with Gasteiger partial charge in [0.05, 0.1) is 16.4 Å². The maximum Gasteiger partial charge on any atom is 0.328 e. The first-order valence-electron chi connectivity index (χ1n) is 8.10. The minimum atomic E-state index is -4.14. The third-order valence-corrected chi connectivity index (χ3v) is 5.91. The fourth-order valence-electron chi connectivity index (χ4n) is 2.53. The van der Waals surface area contributed by atoms with Gasteiger partial charge in [-0.15, -0.1) is 4.83 Å². The van der Waals surface area contributed by atoms with Crippen molar-refractivity contribution in [2.45, 2.75) is 4.90 Å². The van der Waals surface area contributed by atoms with Gasteiger partial charge >= 0.3 is 6.03 Å². The number of urea groups is 1. The molecule has 0 unspecified atom stereocenters. The smallest absolute Gasteiger partial charge is 0.307 e. The second-order valence-corrected chi connectivity index (χ2v) is 8.34. The number of halogens is 1. The van der Waals surface area contributed by atoms with E-state index >= 15 is 0 Å². The van der Waals surface area contributed by atoms with E-state index in [1.807, 2.05) is 0 Å². The number of benzene rings is 2. The standard InChI is InChI=1S/C16H14ClN5O5S2/c17-11-3-1-4-12(9-11)18-15(23)20-7-8-21(16(20)28)19-29(26,27)14-6-2-5-13(10-14)22(24)25/h1-6,9-10,19H,7-8H2,(H,18,23). The van der Waals surface area contributed by atoms with Gasteiger partial charge < -0.3 is 5.32 Å². The van der Waals surface area contributed by atoms with E-state index in [4.69, 9.17) is 23.8 Å². The van der Waals surface area contributed by atoms with Gasteiger partial charge in [-0.05, 0) is 36.5 Å². The van der Waals surface area contributed by atoms with E-state index in [2.05, 4.69) is 10.1 Å². The number of hydrogen-bond donors (Lipinski definition) is 2. The van der Waals surface area contributed by atoms with Gasteiger partial charge in [0.2, 0.25) is 0 Å². The third kappa shape index (κ3) is 4.79. The van der Waals surface area contributed by atoms with E-state index in [1.165, 1.54) is 23.1 Å². The fourth-order valence-corrected chi connectivity index (χ4v) is 4.20. The maximum absolute atomic E-state index is 12.5. The molecule has 2 N–H and O–H groups in total. The van der Waals surface area contributed by atoms with Gasteiger partial charge in [-0.25, -0.2) is 13.2 Å². The van der Waals surface area contributed by atoms with Gasteiger partial charge in [0.1, 0.15) is 0 Å². The molecule has 0 bridgehead atoms. The number of hydrogen-bond acceptors (Lipinski definition) is 6. The summed E-state index contributed by atoms with van der Waals surface area (Å²) in [6, 6.07) is 10.6. The number of anilines is 1. The molecule has 1 aliphatic heterocycles. The van der Waals surface area contributed by atoms with Gasteiger partial charge in [0.25, 0.3) is 15.7 Å². The zero-order chi connectivity index (χ0) is 21.2. The normalized spacial score (nSPS) is 14.2. The first-order valence-corrected chi connectivity index (χ1v) is 10.4. The molecule has 2 aromatic carbocycles. The summed E-state index contributed by atoms with van der Waals surface area (Å²) < 4.78 is 25.1. The number of non-ortho nitro benzene ring substituents is 1. The van der Waals surface area contributed by atoms with Crippen molar-refractivity contribution in [1.82, 2.24) is 14.7 Å². The molecule has 10 nitrogen and oxygen atoms in total. The molecule has 1 saturated heterocycles. The Morgan fingerprint density at radius 1 is 1.17 bits per heavy atom. The van der Waals surface area contributed by atoms with Crippen molar-refractivity contribution in [2.75, 3.05) is 18.4 Å². The number of carbonyl (C=O) groups excluding carboxylic acids is 1. The van der Waals surface area contributed by atoms with Crippen molar-refractivity contribution < 1.29 is 18.1 Å². The number of hydrazine groups is 1. The minimum absolute atomic E-state index is 0.0569. The van der Waals surface area contributed by atoms with E-state index in [-0.39, 0.29) is 28.8 Å². The second-order valence-electron chi connectivity index (χ2n) is 5.88. The van der Waals surface area contributed by atoms with Crippen LogP contribution in [0.2, 0.25) is 5.02 Å². The Bertz CT molecular complexity index is 1090. The molecule has 1 aliphatic rings. The van der Waals surface area contributed by atoms with E-state index in [9.17, 15) is 23.3 Å². The van der Waals surface area contributed by atoms with Crippen molar-refractivity contribution in [2.24, 2.45) is 0 Å². The summed E-state index contributed by atoms with van der Waals surface area (Å²) in [5.74, 6) is 0. The molecule has 0 aromatic heterocycles. The van der Waals surface area contributed by atoms with Gasteiger partial charge in [-0.3, -0.25) is 20.0 Å². The summed E-state index contributed by atoms with van der Waals surface area (Å²) in [4.78, 5) is 25.8. The van der Waals surface area contributed by atoms with Gasteiger partial charge in [-0.1, -0.05) is 23.7 Å². The zero-order valence-corrected chi connectivity index (χ0v) is 17.0. The van der Waals surface area contributed by atoms with Crippen LogP contribution in [-0.4, -0.2) is 47.5 Å². The molecule has 2 amide bonds. The number of rotatable bonds is 5. The van der Waals surface area contributed by atoms with Crippen LogP contribution in [0.1, 0.15) is 0 Å². The Kier molecular flexibility index (Phi) is 5.98. The number of nitrogens with zero attached hydrogens (tertiary/aromatic N) is 3. The number of nitro groups is 1. The third-order valence-electron chi connectivity index (χ3n) is 3.90. The molecule has 152 valence electrons. The SMILES string of the molecule is O=C(Nc1cccc(Cl)c1)N1CCN(NS(=O)(=O)c2cccc([N+](=O)[O-])c2)C1=S. The second kappa shape index (κ2) is 8.29. The lowest BCUT2D eigenvalue weighted by Gasteiger charge is -2.21. The first kappa shape index (κ1) is 20.9. The topological polar surface area (TPSA) is 125 Å². The molecule has 0 spiro atoms. The molecular weight excluding hydrogens is 442 g/mol. The Morgan fingerprint density at radius 3 is 2.59 bits per heavy atom. The van der Waals surface area contributed by atoms with Crippen LogP contribution in [0, 0.1) is 10.1 Å². The highest BCUT2D eigenvalue weighted by Gasteiger charge is 2.33. The highest BCUT2D eigenvalue weighted by atomic mass is 35.5. The quantitative estimate of drug-likeness (QED) is 0.403. The van der Waals surface area contributed by atoms with Crippen LogP contribution in [-0.2, 0) is 10.0 Å². The van der Waals surface area contributed by atoms with E-state index < -0.39 is 21.0 Å². The van der Waals surface area contributed by atoms with Crippen LogP contribution in [0.5, 0.6) is 0 Å². The van der Waals surface area contributed by atoms with Crippen LogP contribution in [0.15, 0.2) is 53.4 Å². The van der Waals surface area contributed by atoms with Gasteiger partial charge in [0.15, 0.2) is 5.11 Å². The molecule has 0 atom stereocenters. The summed E-state index contributed by atoms with van der Waals surface area (Å²) in [7, 11) is -4.14. The zero-order valence-electron chi connectivity index (χ0n) is 14.6. The van der Waals surface area contributed by atoms with Gasteiger partial charge in [-0.2, -0.15) is 0 Å². The lowest BCUT2D eigenvalue weighted by atomic mass is 10.3. The summed E-state index contributed by atoms with van der Waals surface area (Å²) in [6.45, 7) is 0.249. The molecule has 1 fully saturated rings. The molecule has 0 saturated carbocycles. The number of nitrogens with one attached hydrogen (secondary N) is 2. The summed E-state index contributed by atoms with van der Waals surface area (Å²) in [5, 5.41) is 15.0. The van der Waals surface area contributed by atoms with E-state index in [0.717, 1.165) is 11.1 Å². The lowest BCUT2D eigenvalue weighted by molar-refractivity contribution is -0.385. The fraction of sp³-hybridized carbons (Fsp3) is 0.125. The largest absolute Gasteiger partial charge is 0.328 e. The molecule has 0 aliphatic carbocycles. The molecule has 1 heterocycles. The van der Waals surface area contributed by atoms with Crippen LogP contribution >= 0.6 is 23.8 Å². The summed E-state index contributed by atoms with van der Waals surface area (Å²) in [6.07, 6.45) is 0. The Morgan fingerprint density at radius 2 is 1.90 bits per heavy atom. The number of nitro benzene ring substituents is 1. The Hall–Kier alpha value is -2.80. The predicted molar refractivity (Wildman–Crippen MR) is 110 cm³/mol. The van der Waals surface area contributed by atoms with Crippen molar-refractivity contribution in [1.29, 1.82) is 0 Å². The highest BCUT2D eigenvalue weighted by molar-refractivity contribution is 7.89. The average molecular weight is 456 g/mol. The number of carbonyl (C=O) groups is 1. The van der Waals surface area contributed by atoms with E-state index in [0.29, 0.717) is 10.7 Å². The maximum atomic E-state index is 12.5. The highest BCUT2D eigenvalue weighted by Crippen LogP contribution is 2.19. The molecule has 2 aromatic rings. The van der Waals surface area contributed by atoms with Crippen molar-refractivity contribution in [3.8, 4) is 0 Å². The number of amides is 2. The average Bonchev–Trinajstić information content (AvgIpc) is 3.02. The monoisotopic (exact) mass is 455 g/mol.